The molecule has 0 unspecified atom stereocenters. The van der Waals surface area contributed by atoms with E-state index in [1.54, 1.807) is 12.1 Å². The number of aliphatic carboxylic acids is 1. The van der Waals surface area contributed by atoms with E-state index in [1.807, 2.05) is 36.4 Å². The van der Waals surface area contributed by atoms with Gasteiger partial charge in [-0.3, -0.25) is 9.59 Å². The molecule has 0 heterocycles. The number of ether oxygens (including phenoxy) is 5. The highest BCUT2D eigenvalue weighted by Crippen LogP contribution is 2.30. The molecule has 0 amide bonds. The van der Waals surface area contributed by atoms with E-state index in [-0.39, 0.29) is 42.3 Å². The number of hydrogen-bond acceptors (Lipinski definition) is 14. The Kier molecular flexibility index (Phi) is 29.9. The van der Waals surface area contributed by atoms with Crippen LogP contribution in [-0.2, 0) is 48.0 Å². The average molecular weight is 915 g/mol. The second kappa shape index (κ2) is 34.9. The van der Waals surface area contributed by atoms with Crippen LogP contribution in [0.3, 0.4) is 0 Å². The Morgan fingerprint density at radius 2 is 0.938 bits per heavy atom. The molecule has 0 atom stereocenters. The van der Waals surface area contributed by atoms with Crippen LogP contribution in [0.1, 0.15) is 109 Å². The van der Waals surface area contributed by atoms with Crippen molar-refractivity contribution in [2.24, 2.45) is 23.7 Å². The Hall–Kier alpha value is -5.45. The number of benzene rings is 2. The Morgan fingerprint density at radius 1 is 0.538 bits per heavy atom. The van der Waals surface area contributed by atoms with Crippen LogP contribution in [0.25, 0.3) is 0 Å². The minimum atomic E-state index is -0.704. The van der Waals surface area contributed by atoms with Crippen LogP contribution in [-0.4, -0.2) is 87.0 Å². The second-order valence-corrected chi connectivity index (χ2v) is 15.9. The molecule has 0 aliphatic heterocycles. The molecule has 0 radical (unpaired) electrons. The summed E-state index contributed by atoms with van der Waals surface area (Å²) in [6, 6.07) is 14.6. The summed E-state index contributed by atoms with van der Waals surface area (Å²) >= 11 is 0. The van der Waals surface area contributed by atoms with Gasteiger partial charge in [-0.1, -0.05) is 13.2 Å². The van der Waals surface area contributed by atoms with Gasteiger partial charge in [0.2, 0.25) is 0 Å². The lowest BCUT2D eigenvalue weighted by Crippen LogP contribution is -2.24. The Labute approximate surface area is 383 Å². The summed E-state index contributed by atoms with van der Waals surface area (Å²) in [5.74, 6) is 1.56. The zero-order chi connectivity index (χ0) is 46.0. The van der Waals surface area contributed by atoms with Crippen LogP contribution in [0.4, 0.5) is 0 Å². The van der Waals surface area contributed by atoms with Crippen molar-refractivity contribution >= 4 is 30.2 Å². The van der Waals surface area contributed by atoms with Crippen molar-refractivity contribution in [3.8, 4) is 23.0 Å². The molecule has 2 fully saturated rings. The number of carboxylic acids is 1. The van der Waals surface area contributed by atoms with E-state index in [0.717, 1.165) is 114 Å². The van der Waals surface area contributed by atoms with Gasteiger partial charge in [0.15, 0.2) is 11.5 Å². The van der Waals surface area contributed by atoms with E-state index in [1.165, 1.54) is 6.08 Å². The van der Waals surface area contributed by atoms with Crippen LogP contribution in [0, 0.1) is 23.7 Å². The number of esters is 3. The molecule has 0 saturated heterocycles. The predicted molar refractivity (Wildman–Crippen MR) is 240 cm³/mol. The maximum atomic E-state index is 11.5. The van der Waals surface area contributed by atoms with E-state index < -0.39 is 11.9 Å². The fourth-order valence-corrected chi connectivity index (χ4v) is 6.93. The summed E-state index contributed by atoms with van der Waals surface area (Å²) in [6.07, 6.45) is 17.7. The highest BCUT2D eigenvalue weighted by atomic mass is 17.2. The van der Waals surface area contributed by atoms with Crippen LogP contribution in [0.2, 0.25) is 0 Å². The molecular formula is C49H70O16. The second-order valence-electron chi connectivity index (χ2n) is 15.9. The molecule has 0 bridgehead atoms. The Balaban J connectivity index is 0.000000447. The third-order valence-corrected chi connectivity index (χ3v) is 10.9. The van der Waals surface area contributed by atoms with Crippen molar-refractivity contribution in [2.45, 2.75) is 109 Å². The van der Waals surface area contributed by atoms with Gasteiger partial charge < -0.3 is 48.8 Å². The predicted octanol–water partition coefficient (Wildman–Crippen LogP) is 8.34. The van der Waals surface area contributed by atoms with Crippen molar-refractivity contribution < 1.29 is 77.8 Å². The van der Waals surface area contributed by atoms with Gasteiger partial charge in [0, 0.05) is 18.1 Å². The first-order valence-electron chi connectivity index (χ1n) is 22.7. The number of carbonyl (C=O) groups is 5. The van der Waals surface area contributed by atoms with Gasteiger partial charge in [0.05, 0.1) is 52.0 Å². The SMILES string of the molecule is C=CC(=O)OCCC(=O)OCCCCCCOc1ccc(OOCC2CCC(C(=O)O)CC2)cc1.C=CC(=O)OCCCCCCOc1ccc(OOCC2CCC(C=O)CC2)cc1.O. The summed E-state index contributed by atoms with van der Waals surface area (Å²) in [5, 5.41) is 9.05. The first-order valence-corrected chi connectivity index (χ1v) is 22.7. The summed E-state index contributed by atoms with van der Waals surface area (Å²) in [7, 11) is 0. The zero-order valence-corrected chi connectivity index (χ0v) is 37.7. The van der Waals surface area contributed by atoms with Crippen molar-refractivity contribution in [1.29, 1.82) is 0 Å². The average Bonchev–Trinajstić information content (AvgIpc) is 3.32. The molecular weight excluding hydrogens is 845 g/mol. The molecule has 65 heavy (non-hydrogen) atoms. The number of carboxylic acid groups (broad SMARTS) is 1. The standard InChI is InChI=1S/C26H36O9.C23H32O6.H2O/c1-2-24(27)33-18-15-25(28)32-17-6-4-3-5-16-31-22-11-13-23(14-12-22)35-34-19-20-7-9-21(10-8-20)26(29)30;1-2-23(25)27-16-6-4-3-5-15-26-21-11-13-22(14-12-21)29-28-18-20-9-7-19(17-24)8-10-20;/h2,11-14,20-21H,1,3-10,15-19H2,(H,29,30);2,11-14,17,19-20H,1,3-10,15-16,18H2;1H2. The summed E-state index contributed by atoms with van der Waals surface area (Å²) in [5.41, 5.74) is 0. The molecule has 362 valence electrons. The molecule has 16 heteroatoms. The topological polar surface area (TPSA) is 220 Å². The zero-order valence-electron chi connectivity index (χ0n) is 37.7. The number of unbranched alkanes of at least 4 members (excludes halogenated alkanes) is 6. The van der Waals surface area contributed by atoms with Crippen LogP contribution >= 0.6 is 0 Å². The van der Waals surface area contributed by atoms with Gasteiger partial charge in [0.25, 0.3) is 0 Å². The number of hydrogen-bond donors (Lipinski definition) is 1. The number of carbonyl (C=O) groups excluding carboxylic acids is 4. The highest BCUT2D eigenvalue weighted by molar-refractivity contribution is 5.81. The van der Waals surface area contributed by atoms with Gasteiger partial charge in [-0.05, 0) is 163 Å². The smallest absolute Gasteiger partial charge is 0.330 e. The Bertz CT molecular complexity index is 1630. The van der Waals surface area contributed by atoms with Crippen molar-refractivity contribution in [2.75, 3.05) is 46.2 Å². The lowest BCUT2D eigenvalue weighted by atomic mass is 9.82. The van der Waals surface area contributed by atoms with Crippen LogP contribution in [0.5, 0.6) is 23.0 Å². The van der Waals surface area contributed by atoms with E-state index in [9.17, 15) is 24.0 Å². The molecule has 2 aliphatic carbocycles. The fraction of sp³-hybridized carbons (Fsp3) is 0.571. The number of aldehydes is 1. The first-order chi connectivity index (χ1) is 31.2. The summed E-state index contributed by atoms with van der Waals surface area (Å²) < 4.78 is 26.2. The summed E-state index contributed by atoms with van der Waals surface area (Å²) in [4.78, 5) is 76.4. The van der Waals surface area contributed by atoms with Crippen LogP contribution in [0.15, 0.2) is 73.8 Å². The van der Waals surface area contributed by atoms with E-state index in [2.05, 4.69) is 13.2 Å². The van der Waals surface area contributed by atoms with Gasteiger partial charge in [-0.2, -0.15) is 9.78 Å². The van der Waals surface area contributed by atoms with Crippen molar-refractivity contribution in [3.63, 3.8) is 0 Å². The van der Waals surface area contributed by atoms with Gasteiger partial charge in [-0.25, -0.2) is 9.59 Å². The third-order valence-electron chi connectivity index (χ3n) is 10.9. The molecule has 2 aromatic carbocycles. The number of rotatable bonds is 31. The largest absolute Gasteiger partial charge is 0.494 e. The van der Waals surface area contributed by atoms with Gasteiger partial charge in [-0.15, -0.1) is 0 Å². The maximum Gasteiger partial charge on any atom is 0.330 e. The molecule has 2 aromatic rings. The molecule has 2 aliphatic rings. The molecule has 0 aromatic heterocycles. The van der Waals surface area contributed by atoms with Gasteiger partial charge >= 0.3 is 23.9 Å². The molecule has 16 nitrogen and oxygen atoms in total. The fourth-order valence-electron chi connectivity index (χ4n) is 6.93. The lowest BCUT2D eigenvalue weighted by Gasteiger charge is -2.25. The van der Waals surface area contributed by atoms with Gasteiger partial charge in [0.1, 0.15) is 24.4 Å². The van der Waals surface area contributed by atoms with Crippen molar-refractivity contribution in [3.05, 3.63) is 73.8 Å². The molecule has 4 rings (SSSR count). The normalized spacial score (nSPS) is 17.6. The highest BCUT2D eigenvalue weighted by Gasteiger charge is 2.26. The minimum Gasteiger partial charge on any atom is -0.494 e. The molecule has 2 saturated carbocycles. The lowest BCUT2D eigenvalue weighted by molar-refractivity contribution is -0.218. The molecule has 0 spiro atoms. The minimum absolute atomic E-state index is 0. The molecule has 3 N–H and O–H groups in total. The van der Waals surface area contributed by atoms with E-state index >= 15 is 0 Å². The maximum absolute atomic E-state index is 11.5. The van der Waals surface area contributed by atoms with Crippen LogP contribution < -0.4 is 19.2 Å². The monoisotopic (exact) mass is 914 g/mol. The summed E-state index contributed by atoms with van der Waals surface area (Å²) in [6.45, 7) is 9.66. The van der Waals surface area contributed by atoms with E-state index in [4.69, 9.17) is 48.3 Å². The van der Waals surface area contributed by atoms with E-state index in [0.29, 0.717) is 75.8 Å². The quantitative estimate of drug-likeness (QED) is 0.0143. The first kappa shape index (κ1) is 55.7. The third kappa shape index (κ3) is 26.2. The van der Waals surface area contributed by atoms with Crippen molar-refractivity contribution in [1.82, 2.24) is 0 Å². The Morgan fingerprint density at radius 3 is 1.37 bits per heavy atom.